The van der Waals surface area contributed by atoms with Gasteiger partial charge in [-0.1, -0.05) is 15.9 Å². The fourth-order valence-electron chi connectivity index (χ4n) is 2.42. The maximum Gasteiger partial charge on any atom is 0.119 e. The lowest BCUT2D eigenvalue weighted by atomic mass is 10.0. The Morgan fingerprint density at radius 1 is 1.47 bits per heavy atom. The monoisotopic (exact) mass is 323 g/mol. The quantitative estimate of drug-likeness (QED) is 0.923. The topological polar surface area (TPSA) is 48.3 Å². The molecule has 1 saturated heterocycles. The van der Waals surface area contributed by atoms with E-state index in [9.17, 15) is 0 Å². The standard InChI is InChI=1S/C14H18BrN3O/c1-19-11-2-3-13(15)12(10-11)14(4-5-16)18-8-6-17-7-9-18/h2-3,10,14,17H,4,6-9H2,1H3/t14-/m1/s1. The van der Waals surface area contributed by atoms with Crippen LogP contribution in [0.5, 0.6) is 5.75 Å². The molecule has 4 nitrogen and oxygen atoms in total. The van der Waals surface area contributed by atoms with Gasteiger partial charge in [0.2, 0.25) is 0 Å². The molecule has 1 aliphatic heterocycles. The lowest BCUT2D eigenvalue weighted by molar-refractivity contribution is 0.175. The smallest absolute Gasteiger partial charge is 0.119 e. The molecule has 1 aromatic carbocycles. The van der Waals surface area contributed by atoms with Crippen LogP contribution in [0.25, 0.3) is 0 Å². The number of ether oxygens (including phenoxy) is 1. The van der Waals surface area contributed by atoms with E-state index in [0.29, 0.717) is 6.42 Å². The van der Waals surface area contributed by atoms with Crippen LogP contribution in [0.3, 0.4) is 0 Å². The molecule has 2 rings (SSSR count). The van der Waals surface area contributed by atoms with Crippen LogP contribution in [-0.2, 0) is 0 Å². The lowest BCUT2D eigenvalue weighted by Gasteiger charge is -2.34. The Morgan fingerprint density at radius 3 is 2.84 bits per heavy atom. The molecule has 0 bridgehead atoms. The summed E-state index contributed by atoms with van der Waals surface area (Å²) < 4.78 is 6.33. The zero-order valence-corrected chi connectivity index (χ0v) is 12.6. The minimum Gasteiger partial charge on any atom is -0.497 e. The van der Waals surface area contributed by atoms with E-state index in [0.717, 1.165) is 42.0 Å². The third-order valence-corrected chi connectivity index (χ3v) is 4.16. The van der Waals surface area contributed by atoms with E-state index in [1.807, 2.05) is 18.2 Å². The SMILES string of the molecule is COc1ccc(Br)c([C@@H](CC#N)N2CCNCC2)c1. The summed E-state index contributed by atoms with van der Waals surface area (Å²) in [5, 5.41) is 12.4. The summed E-state index contributed by atoms with van der Waals surface area (Å²) in [6, 6.07) is 8.36. The van der Waals surface area contributed by atoms with Gasteiger partial charge in [0.05, 0.1) is 19.6 Å². The number of piperazine rings is 1. The molecule has 0 radical (unpaired) electrons. The molecular weight excluding hydrogens is 306 g/mol. The highest BCUT2D eigenvalue weighted by Crippen LogP contribution is 2.33. The first-order chi connectivity index (χ1) is 9.26. The molecule has 102 valence electrons. The van der Waals surface area contributed by atoms with Crippen LogP contribution < -0.4 is 10.1 Å². The molecule has 0 saturated carbocycles. The minimum atomic E-state index is 0.122. The lowest BCUT2D eigenvalue weighted by Crippen LogP contribution is -2.45. The number of nitrogens with one attached hydrogen (secondary N) is 1. The van der Waals surface area contributed by atoms with Gasteiger partial charge in [0, 0.05) is 36.7 Å². The molecule has 1 aliphatic rings. The Hall–Kier alpha value is -1.09. The summed E-state index contributed by atoms with van der Waals surface area (Å²) in [5.74, 6) is 0.830. The molecule has 0 aromatic heterocycles. The van der Waals surface area contributed by atoms with Crippen molar-refractivity contribution in [3.63, 3.8) is 0 Å². The second-order valence-corrected chi connectivity index (χ2v) is 5.41. The third-order valence-electron chi connectivity index (χ3n) is 3.44. The second kappa shape index (κ2) is 6.90. The Morgan fingerprint density at radius 2 is 2.21 bits per heavy atom. The molecule has 1 N–H and O–H groups in total. The number of hydrogen-bond acceptors (Lipinski definition) is 4. The predicted molar refractivity (Wildman–Crippen MR) is 78.1 cm³/mol. The summed E-state index contributed by atoms with van der Waals surface area (Å²) in [5.41, 5.74) is 1.13. The number of methoxy groups -OCH3 is 1. The average molecular weight is 324 g/mol. The second-order valence-electron chi connectivity index (χ2n) is 4.55. The van der Waals surface area contributed by atoms with Crippen molar-refractivity contribution in [2.45, 2.75) is 12.5 Å². The van der Waals surface area contributed by atoms with E-state index in [1.54, 1.807) is 7.11 Å². The van der Waals surface area contributed by atoms with Gasteiger partial charge in [-0.3, -0.25) is 4.90 Å². The largest absolute Gasteiger partial charge is 0.497 e. The van der Waals surface area contributed by atoms with E-state index in [4.69, 9.17) is 10.00 Å². The highest BCUT2D eigenvalue weighted by molar-refractivity contribution is 9.10. The fraction of sp³-hybridized carbons (Fsp3) is 0.500. The predicted octanol–water partition coefficient (Wildman–Crippen LogP) is 2.32. The fourth-order valence-corrected chi connectivity index (χ4v) is 2.93. The van der Waals surface area contributed by atoms with E-state index in [1.165, 1.54) is 0 Å². The van der Waals surface area contributed by atoms with Gasteiger partial charge in [0.25, 0.3) is 0 Å². The first-order valence-corrected chi connectivity index (χ1v) is 7.20. The van der Waals surface area contributed by atoms with E-state index in [-0.39, 0.29) is 6.04 Å². The van der Waals surface area contributed by atoms with Gasteiger partial charge in [0.1, 0.15) is 5.75 Å². The molecule has 0 spiro atoms. The molecule has 1 atom stereocenters. The Labute approximate surface area is 122 Å². The summed E-state index contributed by atoms with van der Waals surface area (Å²) >= 11 is 3.59. The van der Waals surface area contributed by atoms with Gasteiger partial charge < -0.3 is 10.1 Å². The van der Waals surface area contributed by atoms with Gasteiger partial charge in [0.15, 0.2) is 0 Å². The molecular formula is C14H18BrN3O. The minimum absolute atomic E-state index is 0.122. The first kappa shape index (κ1) is 14.3. The Balaban J connectivity index is 2.29. The van der Waals surface area contributed by atoms with Crippen LogP contribution in [0.1, 0.15) is 18.0 Å². The van der Waals surface area contributed by atoms with Gasteiger partial charge >= 0.3 is 0 Å². The van der Waals surface area contributed by atoms with Crippen molar-refractivity contribution < 1.29 is 4.74 Å². The zero-order chi connectivity index (χ0) is 13.7. The van der Waals surface area contributed by atoms with Crippen molar-refractivity contribution in [1.29, 1.82) is 5.26 Å². The molecule has 1 heterocycles. The summed E-state index contributed by atoms with van der Waals surface area (Å²) in [6.45, 7) is 3.89. The van der Waals surface area contributed by atoms with Crippen molar-refractivity contribution in [2.24, 2.45) is 0 Å². The van der Waals surface area contributed by atoms with E-state index in [2.05, 4.69) is 32.2 Å². The van der Waals surface area contributed by atoms with Gasteiger partial charge in [-0.15, -0.1) is 0 Å². The Kier molecular flexibility index (Phi) is 5.20. The zero-order valence-electron chi connectivity index (χ0n) is 11.0. The number of benzene rings is 1. The van der Waals surface area contributed by atoms with Crippen molar-refractivity contribution in [1.82, 2.24) is 10.2 Å². The highest BCUT2D eigenvalue weighted by Gasteiger charge is 2.24. The molecule has 19 heavy (non-hydrogen) atoms. The van der Waals surface area contributed by atoms with Gasteiger partial charge in [-0.05, 0) is 23.8 Å². The average Bonchev–Trinajstić information content (AvgIpc) is 2.47. The first-order valence-electron chi connectivity index (χ1n) is 6.41. The molecule has 1 aromatic rings. The number of hydrogen-bond donors (Lipinski definition) is 1. The van der Waals surface area contributed by atoms with Crippen LogP contribution in [0.4, 0.5) is 0 Å². The number of nitriles is 1. The maximum absolute atomic E-state index is 9.11. The van der Waals surface area contributed by atoms with E-state index >= 15 is 0 Å². The number of nitrogens with zero attached hydrogens (tertiary/aromatic N) is 2. The summed E-state index contributed by atoms with van der Waals surface area (Å²) in [6.07, 6.45) is 0.492. The summed E-state index contributed by atoms with van der Waals surface area (Å²) in [4.78, 5) is 2.36. The highest BCUT2D eigenvalue weighted by atomic mass is 79.9. The molecule has 0 aliphatic carbocycles. The Bertz CT molecular complexity index is 466. The van der Waals surface area contributed by atoms with Gasteiger partial charge in [-0.2, -0.15) is 5.26 Å². The van der Waals surface area contributed by atoms with Crippen LogP contribution in [0.15, 0.2) is 22.7 Å². The molecule has 5 heteroatoms. The van der Waals surface area contributed by atoms with Crippen LogP contribution in [0, 0.1) is 11.3 Å². The van der Waals surface area contributed by atoms with Gasteiger partial charge in [-0.25, -0.2) is 0 Å². The molecule has 0 amide bonds. The van der Waals surface area contributed by atoms with Crippen molar-refractivity contribution in [3.8, 4) is 11.8 Å². The number of rotatable bonds is 4. The van der Waals surface area contributed by atoms with Crippen LogP contribution in [-0.4, -0.2) is 38.2 Å². The van der Waals surface area contributed by atoms with Crippen LogP contribution in [0.2, 0.25) is 0 Å². The van der Waals surface area contributed by atoms with Crippen molar-refractivity contribution >= 4 is 15.9 Å². The van der Waals surface area contributed by atoms with Crippen molar-refractivity contribution in [2.75, 3.05) is 33.3 Å². The molecule has 0 unspecified atom stereocenters. The number of halogens is 1. The third kappa shape index (κ3) is 3.47. The maximum atomic E-state index is 9.11. The summed E-state index contributed by atoms with van der Waals surface area (Å²) in [7, 11) is 1.66. The van der Waals surface area contributed by atoms with Crippen molar-refractivity contribution in [3.05, 3.63) is 28.2 Å². The van der Waals surface area contributed by atoms with Crippen LogP contribution >= 0.6 is 15.9 Å². The van der Waals surface area contributed by atoms with E-state index < -0.39 is 0 Å². The molecule has 1 fully saturated rings. The normalized spacial score (nSPS) is 17.7.